The Morgan fingerprint density at radius 3 is 2.31 bits per heavy atom. The lowest BCUT2D eigenvalue weighted by molar-refractivity contribution is 0.510. The summed E-state index contributed by atoms with van der Waals surface area (Å²) in [4.78, 5) is -0.707. The first-order valence-corrected chi connectivity index (χ1v) is 6.78. The first-order valence-electron chi connectivity index (χ1n) is 4.92. The van der Waals surface area contributed by atoms with Crippen molar-refractivity contribution in [3.05, 3.63) is 28.8 Å². The van der Waals surface area contributed by atoms with Gasteiger partial charge in [-0.3, -0.25) is 0 Å². The lowest BCUT2D eigenvalue weighted by atomic mass is 10.2. The monoisotopic (exact) mass is 261 g/mol. The fraction of sp³-hybridized carbons (Fsp3) is 0.455. The van der Waals surface area contributed by atoms with E-state index in [1.54, 1.807) is 40.0 Å². The first kappa shape index (κ1) is 13.5. The van der Waals surface area contributed by atoms with Gasteiger partial charge in [-0.05, 0) is 51.6 Å². The molecule has 0 atom stereocenters. The molecule has 5 heteroatoms. The van der Waals surface area contributed by atoms with Crippen LogP contribution in [0.25, 0.3) is 0 Å². The fourth-order valence-electron chi connectivity index (χ4n) is 1.21. The third kappa shape index (κ3) is 2.24. The zero-order valence-corrected chi connectivity index (χ0v) is 11.4. The lowest BCUT2D eigenvalue weighted by Gasteiger charge is -2.24. The molecule has 3 nitrogen and oxygen atoms in total. The quantitative estimate of drug-likeness (QED) is 0.909. The second-order valence-corrected chi connectivity index (χ2v) is 7.08. The third-order valence-electron chi connectivity index (χ3n) is 2.71. The molecule has 0 saturated heterocycles. The van der Waals surface area contributed by atoms with Crippen LogP contribution >= 0.6 is 11.6 Å². The molecule has 1 N–H and O–H groups in total. The Morgan fingerprint density at radius 1 is 1.31 bits per heavy atom. The van der Waals surface area contributed by atoms with Crippen LogP contribution in [0, 0.1) is 6.92 Å². The molecule has 16 heavy (non-hydrogen) atoms. The summed E-state index contributed by atoms with van der Waals surface area (Å²) in [5, 5.41) is 3.36. The normalized spacial score (nSPS) is 12.8. The molecule has 90 valence electrons. The van der Waals surface area contributed by atoms with Gasteiger partial charge in [0.25, 0.3) is 0 Å². The summed E-state index contributed by atoms with van der Waals surface area (Å²) in [6.45, 7) is 5.05. The second kappa shape index (κ2) is 4.35. The molecule has 0 aliphatic carbocycles. The number of nitrogens with one attached hydrogen (secondary N) is 1. The SMILES string of the molecule is CNC(C)(C)S(=O)(=O)c1ccc(Cl)c(C)c1. The highest BCUT2D eigenvalue weighted by Crippen LogP contribution is 2.26. The maximum atomic E-state index is 12.2. The van der Waals surface area contributed by atoms with E-state index in [4.69, 9.17) is 11.6 Å². The van der Waals surface area contributed by atoms with Crippen LogP contribution in [0.15, 0.2) is 23.1 Å². The van der Waals surface area contributed by atoms with Crippen LogP contribution in [0.5, 0.6) is 0 Å². The molecule has 1 aromatic carbocycles. The van der Waals surface area contributed by atoms with Crippen LogP contribution in [0.3, 0.4) is 0 Å². The maximum absolute atomic E-state index is 12.2. The molecule has 0 aliphatic rings. The molecule has 0 aliphatic heterocycles. The third-order valence-corrected chi connectivity index (χ3v) is 5.56. The van der Waals surface area contributed by atoms with Gasteiger partial charge in [-0.2, -0.15) is 0 Å². The molecule has 1 rings (SSSR count). The molecule has 0 bridgehead atoms. The van der Waals surface area contributed by atoms with Crippen LogP contribution in [0.2, 0.25) is 5.02 Å². The molecule has 0 fully saturated rings. The van der Waals surface area contributed by atoms with Crippen LogP contribution in [-0.2, 0) is 9.84 Å². The summed E-state index contributed by atoms with van der Waals surface area (Å²) in [7, 11) is -1.77. The number of aryl methyl sites for hydroxylation is 1. The summed E-state index contributed by atoms with van der Waals surface area (Å²) in [6.07, 6.45) is 0. The predicted octanol–water partition coefficient (Wildman–Crippen LogP) is 2.38. The molecular formula is C11H16ClNO2S. The molecule has 1 aromatic rings. The minimum absolute atomic E-state index is 0.286. The van der Waals surface area contributed by atoms with Gasteiger partial charge in [-0.1, -0.05) is 11.6 Å². The van der Waals surface area contributed by atoms with Crippen molar-refractivity contribution in [2.45, 2.75) is 30.5 Å². The van der Waals surface area contributed by atoms with Crippen molar-refractivity contribution in [1.82, 2.24) is 5.32 Å². The van der Waals surface area contributed by atoms with Gasteiger partial charge in [0.2, 0.25) is 0 Å². The van der Waals surface area contributed by atoms with Crippen LogP contribution in [0.1, 0.15) is 19.4 Å². The fourth-order valence-corrected chi connectivity index (χ4v) is 2.77. The Hall–Kier alpha value is -0.580. The number of hydrogen-bond donors (Lipinski definition) is 1. The number of benzene rings is 1. The van der Waals surface area contributed by atoms with Gasteiger partial charge < -0.3 is 5.32 Å². The summed E-state index contributed by atoms with van der Waals surface area (Å²) in [6, 6.07) is 4.73. The Morgan fingerprint density at radius 2 is 1.88 bits per heavy atom. The zero-order valence-electron chi connectivity index (χ0n) is 9.83. The summed E-state index contributed by atoms with van der Waals surface area (Å²) in [5.74, 6) is 0. The van der Waals surface area contributed by atoms with Crippen molar-refractivity contribution >= 4 is 21.4 Å². The van der Waals surface area contributed by atoms with Gasteiger partial charge in [0.15, 0.2) is 9.84 Å². The number of hydrogen-bond acceptors (Lipinski definition) is 3. The molecular weight excluding hydrogens is 246 g/mol. The van der Waals surface area contributed by atoms with E-state index in [0.717, 1.165) is 5.56 Å². The molecule has 0 unspecified atom stereocenters. The number of sulfone groups is 1. The smallest absolute Gasteiger partial charge is 0.196 e. The van der Waals surface area contributed by atoms with Crippen molar-refractivity contribution in [2.24, 2.45) is 0 Å². The van der Waals surface area contributed by atoms with Gasteiger partial charge >= 0.3 is 0 Å². The summed E-state index contributed by atoms with van der Waals surface area (Å²) in [5.41, 5.74) is 0.759. The highest BCUT2D eigenvalue weighted by Gasteiger charge is 2.34. The summed E-state index contributed by atoms with van der Waals surface area (Å²) >= 11 is 5.87. The predicted molar refractivity (Wildman–Crippen MR) is 66.5 cm³/mol. The van der Waals surface area contributed by atoms with Gasteiger partial charge in [0.1, 0.15) is 4.87 Å². The Labute approximate surface area is 102 Å². The minimum Gasteiger partial charge on any atom is -0.302 e. The molecule has 0 heterocycles. The van der Waals surface area contributed by atoms with Crippen molar-refractivity contribution in [3.8, 4) is 0 Å². The maximum Gasteiger partial charge on any atom is 0.196 e. The van der Waals surface area contributed by atoms with E-state index in [9.17, 15) is 8.42 Å². The van der Waals surface area contributed by atoms with E-state index >= 15 is 0 Å². The van der Waals surface area contributed by atoms with Gasteiger partial charge in [0.05, 0.1) is 4.90 Å². The van der Waals surface area contributed by atoms with E-state index in [2.05, 4.69) is 5.32 Å². The van der Waals surface area contributed by atoms with Crippen molar-refractivity contribution < 1.29 is 8.42 Å². The Kier molecular flexibility index (Phi) is 3.67. The lowest BCUT2D eigenvalue weighted by Crippen LogP contribution is -2.44. The van der Waals surface area contributed by atoms with Gasteiger partial charge in [-0.15, -0.1) is 0 Å². The van der Waals surface area contributed by atoms with Crippen LogP contribution < -0.4 is 5.32 Å². The van der Waals surface area contributed by atoms with Crippen molar-refractivity contribution in [1.29, 1.82) is 0 Å². The highest BCUT2D eigenvalue weighted by molar-refractivity contribution is 7.92. The topological polar surface area (TPSA) is 46.2 Å². The van der Waals surface area contributed by atoms with Crippen LogP contribution in [-0.4, -0.2) is 20.3 Å². The van der Waals surface area contributed by atoms with E-state index < -0.39 is 14.7 Å². The Balaban J connectivity index is 3.34. The minimum atomic E-state index is -3.40. The van der Waals surface area contributed by atoms with E-state index in [1.165, 1.54) is 6.07 Å². The number of rotatable bonds is 3. The van der Waals surface area contributed by atoms with Crippen LogP contribution in [0.4, 0.5) is 0 Å². The average Bonchev–Trinajstić information content (AvgIpc) is 2.21. The van der Waals surface area contributed by atoms with Gasteiger partial charge in [0, 0.05) is 5.02 Å². The van der Waals surface area contributed by atoms with E-state index in [-0.39, 0.29) is 4.90 Å². The van der Waals surface area contributed by atoms with Crippen molar-refractivity contribution in [2.75, 3.05) is 7.05 Å². The number of halogens is 1. The van der Waals surface area contributed by atoms with Crippen molar-refractivity contribution in [3.63, 3.8) is 0 Å². The molecule has 0 amide bonds. The van der Waals surface area contributed by atoms with E-state index in [0.29, 0.717) is 5.02 Å². The summed E-state index contributed by atoms with van der Waals surface area (Å²) < 4.78 is 24.5. The first-order chi connectivity index (χ1) is 7.22. The molecule has 0 aromatic heterocycles. The average molecular weight is 262 g/mol. The largest absolute Gasteiger partial charge is 0.302 e. The molecule has 0 radical (unpaired) electrons. The molecule has 0 spiro atoms. The zero-order chi connectivity index (χ0) is 12.6. The highest BCUT2D eigenvalue weighted by atomic mass is 35.5. The molecule has 0 saturated carbocycles. The standard InChI is InChI=1S/C11H16ClNO2S/c1-8-7-9(5-6-10(8)12)16(14,15)11(2,3)13-4/h5-7,13H,1-4H3. The second-order valence-electron chi connectivity index (χ2n) is 4.17. The van der Waals surface area contributed by atoms with E-state index in [1.807, 2.05) is 0 Å². The van der Waals surface area contributed by atoms with Gasteiger partial charge in [-0.25, -0.2) is 8.42 Å². The Bertz CT molecular complexity index is 495.